The fourth-order valence-corrected chi connectivity index (χ4v) is 4.66. The number of likely N-dealkylation sites (tertiary alicyclic amines) is 1. The van der Waals surface area contributed by atoms with Gasteiger partial charge in [-0.1, -0.05) is 30.3 Å². The number of halogens is 1. The number of rotatable bonds is 6. The van der Waals surface area contributed by atoms with Gasteiger partial charge in [-0.3, -0.25) is 4.99 Å². The summed E-state index contributed by atoms with van der Waals surface area (Å²) < 4.78 is 17.8. The molecule has 6 nitrogen and oxygen atoms in total. The van der Waals surface area contributed by atoms with Crippen molar-refractivity contribution in [3.8, 4) is 0 Å². The van der Waals surface area contributed by atoms with Gasteiger partial charge in [-0.2, -0.15) is 0 Å². The molecule has 3 unspecified atom stereocenters. The Morgan fingerprint density at radius 1 is 1.10 bits per heavy atom. The zero-order chi connectivity index (χ0) is 19.9. The second-order valence-corrected chi connectivity index (χ2v) is 8.33. The maximum Gasteiger partial charge on any atom is 0.193 e. The van der Waals surface area contributed by atoms with Crippen LogP contribution in [0.25, 0.3) is 0 Å². The Morgan fingerprint density at radius 2 is 1.90 bits per heavy atom. The molecule has 1 aromatic carbocycles. The molecule has 3 aliphatic rings. The molecule has 3 aliphatic heterocycles. The highest BCUT2D eigenvalue weighted by Gasteiger charge is 2.30. The maximum absolute atomic E-state index is 6.10. The number of hydrogen-bond donors (Lipinski definition) is 1. The highest BCUT2D eigenvalue weighted by molar-refractivity contribution is 14.0. The molecule has 3 fully saturated rings. The lowest BCUT2D eigenvalue weighted by atomic mass is 9.95. The monoisotopic (exact) mass is 529 g/mol. The van der Waals surface area contributed by atoms with Gasteiger partial charge in [-0.25, -0.2) is 0 Å². The summed E-state index contributed by atoms with van der Waals surface area (Å²) in [4.78, 5) is 6.89. The molecule has 30 heavy (non-hydrogen) atoms. The Labute approximate surface area is 197 Å². The van der Waals surface area contributed by atoms with Crippen molar-refractivity contribution in [2.45, 2.75) is 50.4 Å². The van der Waals surface area contributed by atoms with E-state index in [4.69, 9.17) is 14.2 Å². The first-order valence-electron chi connectivity index (χ1n) is 11.2. The first-order valence-corrected chi connectivity index (χ1v) is 11.2. The predicted molar refractivity (Wildman–Crippen MR) is 130 cm³/mol. The second-order valence-electron chi connectivity index (χ2n) is 8.33. The quantitative estimate of drug-likeness (QED) is 0.347. The van der Waals surface area contributed by atoms with Crippen molar-refractivity contribution in [1.82, 2.24) is 10.2 Å². The minimum atomic E-state index is 0. The molecule has 0 aromatic heterocycles. The molecule has 3 saturated heterocycles. The van der Waals surface area contributed by atoms with Gasteiger partial charge in [-0.05, 0) is 37.7 Å². The molecule has 7 heteroatoms. The molecule has 0 bridgehead atoms. The van der Waals surface area contributed by atoms with Gasteiger partial charge in [0.15, 0.2) is 5.96 Å². The Morgan fingerprint density at radius 3 is 2.60 bits per heavy atom. The molecule has 1 aromatic rings. The van der Waals surface area contributed by atoms with E-state index in [-0.39, 0.29) is 30.1 Å². The number of piperidine rings is 1. The van der Waals surface area contributed by atoms with Crippen LogP contribution in [-0.4, -0.2) is 69.6 Å². The van der Waals surface area contributed by atoms with Crippen LogP contribution in [0.5, 0.6) is 0 Å². The van der Waals surface area contributed by atoms with Crippen LogP contribution in [0.1, 0.15) is 43.8 Å². The van der Waals surface area contributed by atoms with Gasteiger partial charge < -0.3 is 24.4 Å². The zero-order valence-electron chi connectivity index (χ0n) is 18.0. The molecular formula is C23H36IN3O3. The van der Waals surface area contributed by atoms with Gasteiger partial charge in [0.2, 0.25) is 0 Å². The van der Waals surface area contributed by atoms with Crippen LogP contribution in [0.3, 0.4) is 0 Å². The highest BCUT2D eigenvalue weighted by Crippen LogP contribution is 2.34. The van der Waals surface area contributed by atoms with E-state index in [0.717, 1.165) is 71.1 Å². The number of benzene rings is 1. The summed E-state index contributed by atoms with van der Waals surface area (Å²) in [5.41, 5.74) is 1.27. The Kier molecular flexibility index (Phi) is 9.67. The minimum Gasteiger partial charge on any atom is -0.376 e. The lowest BCUT2D eigenvalue weighted by Crippen LogP contribution is -2.48. The number of nitrogens with one attached hydrogen (secondary N) is 1. The molecule has 0 spiro atoms. The molecule has 3 atom stereocenters. The van der Waals surface area contributed by atoms with Crippen molar-refractivity contribution in [2.24, 2.45) is 10.9 Å². The molecule has 168 valence electrons. The highest BCUT2D eigenvalue weighted by atomic mass is 127. The molecule has 0 radical (unpaired) electrons. The van der Waals surface area contributed by atoms with Gasteiger partial charge >= 0.3 is 0 Å². The SMILES string of the molecule is CN=C(NCC1CCOC1c1ccccc1)N1CCC(OCC2CCCO2)CC1.I. The third-order valence-electron chi connectivity index (χ3n) is 6.36. The summed E-state index contributed by atoms with van der Waals surface area (Å²) in [5.74, 6) is 1.47. The van der Waals surface area contributed by atoms with Crippen LogP contribution in [0.2, 0.25) is 0 Å². The van der Waals surface area contributed by atoms with Gasteiger partial charge in [0.05, 0.1) is 24.9 Å². The number of ether oxygens (including phenoxy) is 3. The minimum absolute atomic E-state index is 0. The van der Waals surface area contributed by atoms with Crippen molar-refractivity contribution in [3.63, 3.8) is 0 Å². The van der Waals surface area contributed by atoms with E-state index in [1.165, 1.54) is 12.0 Å². The number of guanidine groups is 1. The van der Waals surface area contributed by atoms with Crippen molar-refractivity contribution in [1.29, 1.82) is 0 Å². The van der Waals surface area contributed by atoms with Crippen LogP contribution >= 0.6 is 24.0 Å². The summed E-state index contributed by atoms with van der Waals surface area (Å²) in [7, 11) is 1.88. The third-order valence-corrected chi connectivity index (χ3v) is 6.36. The van der Waals surface area contributed by atoms with Crippen molar-refractivity contribution < 1.29 is 14.2 Å². The third kappa shape index (κ3) is 6.31. The van der Waals surface area contributed by atoms with Gasteiger partial charge in [0.25, 0.3) is 0 Å². The second kappa shape index (κ2) is 12.2. The van der Waals surface area contributed by atoms with E-state index in [1.807, 2.05) is 7.05 Å². The first-order chi connectivity index (χ1) is 14.3. The predicted octanol–water partition coefficient (Wildman–Crippen LogP) is 3.62. The van der Waals surface area contributed by atoms with E-state index in [0.29, 0.717) is 18.1 Å². The summed E-state index contributed by atoms with van der Waals surface area (Å²) in [6.45, 7) is 5.34. The van der Waals surface area contributed by atoms with E-state index >= 15 is 0 Å². The van der Waals surface area contributed by atoms with Crippen molar-refractivity contribution in [2.75, 3.05) is 46.5 Å². The molecule has 3 heterocycles. The number of aliphatic imine (C=N–C) groups is 1. The smallest absolute Gasteiger partial charge is 0.193 e. The van der Waals surface area contributed by atoms with Gasteiger partial charge in [-0.15, -0.1) is 24.0 Å². The molecule has 4 rings (SSSR count). The fourth-order valence-electron chi connectivity index (χ4n) is 4.66. The van der Waals surface area contributed by atoms with Crippen molar-refractivity contribution in [3.05, 3.63) is 35.9 Å². The van der Waals surface area contributed by atoms with E-state index < -0.39 is 0 Å². The Hall–Kier alpha value is -0.900. The van der Waals surface area contributed by atoms with Gasteiger partial charge in [0, 0.05) is 45.8 Å². The lowest BCUT2D eigenvalue weighted by Gasteiger charge is -2.35. The van der Waals surface area contributed by atoms with Crippen LogP contribution in [0.4, 0.5) is 0 Å². The normalized spacial score (nSPS) is 27.8. The Balaban J connectivity index is 0.00000256. The van der Waals surface area contributed by atoms with Crippen LogP contribution in [0.15, 0.2) is 35.3 Å². The van der Waals surface area contributed by atoms with Crippen molar-refractivity contribution >= 4 is 29.9 Å². The topological polar surface area (TPSA) is 55.3 Å². The molecule has 1 N–H and O–H groups in total. The first kappa shape index (κ1) is 23.8. The fraction of sp³-hybridized carbons (Fsp3) is 0.696. The van der Waals surface area contributed by atoms with E-state index in [1.54, 1.807) is 0 Å². The van der Waals surface area contributed by atoms with Crippen LogP contribution in [0, 0.1) is 5.92 Å². The average molecular weight is 529 g/mol. The summed E-state index contributed by atoms with van der Waals surface area (Å²) in [6.07, 6.45) is 6.34. The van der Waals surface area contributed by atoms with Crippen LogP contribution in [-0.2, 0) is 14.2 Å². The Bertz CT molecular complexity index is 646. The number of hydrogen-bond acceptors (Lipinski definition) is 4. The summed E-state index contributed by atoms with van der Waals surface area (Å²) >= 11 is 0. The largest absolute Gasteiger partial charge is 0.376 e. The van der Waals surface area contributed by atoms with E-state index in [2.05, 4.69) is 45.5 Å². The maximum atomic E-state index is 6.10. The molecule has 0 saturated carbocycles. The summed E-state index contributed by atoms with van der Waals surface area (Å²) in [5, 5.41) is 3.61. The molecule has 0 amide bonds. The average Bonchev–Trinajstić information content (AvgIpc) is 3.46. The lowest BCUT2D eigenvalue weighted by molar-refractivity contribution is -0.0367. The molecule has 0 aliphatic carbocycles. The van der Waals surface area contributed by atoms with Crippen LogP contribution < -0.4 is 5.32 Å². The number of nitrogens with zero attached hydrogens (tertiary/aromatic N) is 2. The zero-order valence-corrected chi connectivity index (χ0v) is 20.3. The standard InChI is InChI=1S/C23H35N3O3.HI/c1-24-23(25-16-19-11-15-28-22(19)18-6-3-2-4-7-18)26-12-9-20(10-13-26)29-17-21-8-5-14-27-21;/h2-4,6-7,19-22H,5,8-17H2,1H3,(H,24,25);1H. The summed E-state index contributed by atoms with van der Waals surface area (Å²) in [6, 6.07) is 10.6. The molecular weight excluding hydrogens is 493 g/mol. The van der Waals surface area contributed by atoms with Gasteiger partial charge in [0.1, 0.15) is 0 Å². The van der Waals surface area contributed by atoms with E-state index in [9.17, 15) is 0 Å².